The van der Waals surface area contributed by atoms with Crippen molar-refractivity contribution in [2.24, 2.45) is 0 Å². The third-order valence-corrected chi connectivity index (χ3v) is 4.09. The number of hydrogen-bond acceptors (Lipinski definition) is 4. The summed E-state index contributed by atoms with van der Waals surface area (Å²) < 4.78 is 0. The van der Waals surface area contributed by atoms with E-state index in [1.807, 2.05) is 6.92 Å². The molecule has 1 aliphatic heterocycles. The Labute approximate surface area is 98.9 Å². The van der Waals surface area contributed by atoms with Crippen molar-refractivity contribution in [2.75, 3.05) is 19.7 Å². The number of carbonyl (C=O) groups is 1. The highest BCUT2D eigenvalue weighted by molar-refractivity contribution is 7.09. The predicted molar refractivity (Wildman–Crippen MR) is 62.5 cm³/mol. The van der Waals surface area contributed by atoms with Gasteiger partial charge in [0, 0.05) is 30.1 Å². The van der Waals surface area contributed by atoms with Crippen LogP contribution in [0.2, 0.25) is 0 Å². The first kappa shape index (κ1) is 11.5. The van der Waals surface area contributed by atoms with Gasteiger partial charge in [-0.05, 0) is 19.8 Å². The SMILES string of the molecule is Cc1csc(C2CCN(C(=O)CO)CC2)n1. The summed E-state index contributed by atoms with van der Waals surface area (Å²) in [7, 11) is 0. The highest BCUT2D eigenvalue weighted by atomic mass is 32.1. The van der Waals surface area contributed by atoms with E-state index in [1.165, 1.54) is 5.01 Å². The predicted octanol–water partition coefficient (Wildman–Crippen LogP) is 1.15. The first-order valence-corrected chi connectivity index (χ1v) is 6.39. The molecule has 0 saturated carbocycles. The summed E-state index contributed by atoms with van der Waals surface area (Å²) in [5, 5.41) is 12.0. The lowest BCUT2D eigenvalue weighted by Crippen LogP contribution is -2.39. The normalized spacial score (nSPS) is 17.8. The van der Waals surface area contributed by atoms with E-state index in [2.05, 4.69) is 10.4 Å². The largest absolute Gasteiger partial charge is 0.387 e. The van der Waals surface area contributed by atoms with Crippen LogP contribution in [0.25, 0.3) is 0 Å². The van der Waals surface area contributed by atoms with Gasteiger partial charge in [0.2, 0.25) is 5.91 Å². The second kappa shape index (κ2) is 4.93. The lowest BCUT2D eigenvalue weighted by atomic mass is 9.97. The molecule has 1 fully saturated rings. The summed E-state index contributed by atoms with van der Waals surface area (Å²) in [4.78, 5) is 17.5. The quantitative estimate of drug-likeness (QED) is 0.843. The van der Waals surface area contributed by atoms with E-state index in [0.29, 0.717) is 5.92 Å². The van der Waals surface area contributed by atoms with Crippen LogP contribution in [0.15, 0.2) is 5.38 Å². The number of aryl methyl sites for hydroxylation is 1. The van der Waals surface area contributed by atoms with Crippen molar-refractivity contribution < 1.29 is 9.90 Å². The summed E-state index contributed by atoms with van der Waals surface area (Å²) in [5.74, 6) is 0.329. The Hall–Kier alpha value is -0.940. The highest BCUT2D eigenvalue weighted by Gasteiger charge is 2.24. The van der Waals surface area contributed by atoms with Crippen molar-refractivity contribution >= 4 is 17.2 Å². The Kier molecular flexibility index (Phi) is 3.56. The molecule has 2 rings (SSSR count). The van der Waals surface area contributed by atoms with Crippen molar-refractivity contribution in [1.29, 1.82) is 0 Å². The van der Waals surface area contributed by atoms with Crippen molar-refractivity contribution in [3.05, 3.63) is 16.1 Å². The van der Waals surface area contributed by atoms with E-state index in [4.69, 9.17) is 5.11 Å². The Morgan fingerprint density at radius 2 is 2.31 bits per heavy atom. The van der Waals surface area contributed by atoms with Crippen LogP contribution < -0.4 is 0 Å². The standard InChI is InChI=1S/C11H16N2O2S/c1-8-7-16-11(12-8)9-2-4-13(5-3-9)10(15)6-14/h7,9,14H,2-6H2,1H3. The van der Waals surface area contributed by atoms with Gasteiger partial charge in [0.1, 0.15) is 6.61 Å². The number of hydrogen-bond donors (Lipinski definition) is 1. The topological polar surface area (TPSA) is 53.4 Å². The smallest absolute Gasteiger partial charge is 0.248 e. The molecule has 0 spiro atoms. The van der Waals surface area contributed by atoms with Crippen LogP contribution >= 0.6 is 11.3 Å². The molecule has 16 heavy (non-hydrogen) atoms. The van der Waals surface area contributed by atoms with Gasteiger partial charge in [-0.3, -0.25) is 4.79 Å². The lowest BCUT2D eigenvalue weighted by Gasteiger charge is -2.30. The zero-order chi connectivity index (χ0) is 11.5. The van der Waals surface area contributed by atoms with Crippen LogP contribution in [0.3, 0.4) is 0 Å². The van der Waals surface area contributed by atoms with Gasteiger partial charge in [0.25, 0.3) is 0 Å². The molecule has 2 heterocycles. The molecular formula is C11H16N2O2S. The van der Waals surface area contributed by atoms with Gasteiger partial charge in [0.05, 0.1) is 5.01 Å². The second-order valence-corrected chi connectivity index (χ2v) is 5.03. The van der Waals surface area contributed by atoms with Crippen molar-refractivity contribution in [1.82, 2.24) is 9.88 Å². The summed E-state index contributed by atoms with van der Waals surface area (Å²) in [6, 6.07) is 0. The first-order valence-electron chi connectivity index (χ1n) is 5.51. The fourth-order valence-electron chi connectivity index (χ4n) is 2.04. The fourth-order valence-corrected chi connectivity index (χ4v) is 3.00. The molecule has 1 saturated heterocycles. The van der Waals surface area contributed by atoms with Crippen LogP contribution in [0.4, 0.5) is 0 Å². The molecule has 0 bridgehead atoms. The van der Waals surface area contributed by atoms with Crippen LogP contribution in [0.5, 0.6) is 0 Å². The molecule has 1 amide bonds. The van der Waals surface area contributed by atoms with Crippen LogP contribution in [0, 0.1) is 6.92 Å². The van der Waals surface area contributed by atoms with Crippen LogP contribution in [-0.2, 0) is 4.79 Å². The molecule has 1 aromatic rings. The minimum Gasteiger partial charge on any atom is -0.387 e. The van der Waals surface area contributed by atoms with Gasteiger partial charge in [-0.1, -0.05) is 0 Å². The lowest BCUT2D eigenvalue weighted by molar-refractivity contribution is -0.135. The maximum atomic E-state index is 11.3. The maximum absolute atomic E-state index is 11.3. The molecule has 1 aromatic heterocycles. The average molecular weight is 240 g/mol. The molecule has 88 valence electrons. The van der Waals surface area contributed by atoms with Crippen LogP contribution in [0.1, 0.15) is 29.5 Å². The van der Waals surface area contributed by atoms with Crippen molar-refractivity contribution in [3.63, 3.8) is 0 Å². The molecule has 4 nitrogen and oxygen atoms in total. The summed E-state index contributed by atoms with van der Waals surface area (Å²) in [6.07, 6.45) is 1.91. The molecule has 0 aliphatic carbocycles. The first-order chi connectivity index (χ1) is 7.70. The minimum atomic E-state index is -0.374. The molecule has 1 N–H and O–H groups in total. The van der Waals surface area contributed by atoms with E-state index in [0.717, 1.165) is 31.6 Å². The van der Waals surface area contributed by atoms with Crippen molar-refractivity contribution in [2.45, 2.75) is 25.7 Å². The van der Waals surface area contributed by atoms with Gasteiger partial charge in [-0.25, -0.2) is 4.98 Å². The molecule has 1 aliphatic rings. The number of carbonyl (C=O) groups excluding carboxylic acids is 1. The molecule has 0 aromatic carbocycles. The Morgan fingerprint density at radius 1 is 1.62 bits per heavy atom. The van der Waals surface area contributed by atoms with Gasteiger partial charge in [-0.2, -0.15) is 0 Å². The number of amides is 1. The van der Waals surface area contributed by atoms with E-state index in [9.17, 15) is 4.79 Å². The molecule has 0 atom stereocenters. The molecular weight excluding hydrogens is 224 g/mol. The summed E-state index contributed by atoms with van der Waals surface area (Å²) >= 11 is 1.71. The van der Waals surface area contributed by atoms with Gasteiger partial charge in [0.15, 0.2) is 0 Å². The monoisotopic (exact) mass is 240 g/mol. The minimum absolute atomic E-state index is 0.159. The fraction of sp³-hybridized carbons (Fsp3) is 0.636. The van der Waals surface area contributed by atoms with Crippen molar-refractivity contribution in [3.8, 4) is 0 Å². The number of aliphatic hydroxyl groups excluding tert-OH is 1. The average Bonchev–Trinajstić information content (AvgIpc) is 2.75. The number of thiazole rings is 1. The Balaban J connectivity index is 1.92. The third kappa shape index (κ3) is 2.41. The van der Waals surface area contributed by atoms with Gasteiger partial charge in [-0.15, -0.1) is 11.3 Å². The van der Waals surface area contributed by atoms with E-state index < -0.39 is 0 Å². The molecule has 5 heteroatoms. The third-order valence-electron chi connectivity index (χ3n) is 2.97. The second-order valence-electron chi connectivity index (χ2n) is 4.14. The molecule has 0 unspecified atom stereocenters. The number of likely N-dealkylation sites (tertiary alicyclic amines) is 1. The summed E-state index contributed by atoms with van der Waals surface area (Å²) in [5.41, 5.74) is 1.08. The van der Waals surface area contributed by atoms with Gasteiger partial charge < -0.3 is 10.0 Å². The number of nitrogens with zero attached hydrogens (tertiary/aromatic N) is 2. The Bertz CT molecular complexity index is 370. The maximum Gasteiger partial charge on any atom is 0.248 e. The summed E-state index contributed by atoms with van der Waals surface area (Å²) in [6.45, 7) is 3.11. The zero-order valence-corrected chi connectivity index (χ0v) is 10.2. The number of rotatable bonds is 2. The number of aliphatic hydroxyl groups is 1. The Morgan fingerprint density at radius 3 is 2.81 bits per heavy atom. The van der Waals surface area contributed by atoms with Crippen LogP contribution in [-0.4, -0.2) is 40.6 Å². The van der Waals surface area contributed by atoms with E-state index in [1.54, 1.807) is 16.2 Å². The highest BCUT2D eigenvalue weighted by Crippen LogP contribution is 2.30. The molecule has 0 radical (unpaired) electrons. The van der Waals surface area contributed by atoms with E-state index in [-0.39, 0.29) is 12.5 Å². The zero-order valence-electron chi connectivity index (χ0n) is 9.35. The van der Waals surface area contributed by atoms with Gasteiger partial charge >= 0.3 is 0 Å². The van der Waals surface area contributed by atoms with E-state index >= 15 is 0 Å². The number of piperidine rings is 1. The number of aromatic nitrogens is 1.